The maximum atomic E-state index is 13.8. The summed E-state index contributed by atoms with van der Waals surface area (Å²) < 4.78 is 20.4. The number of rotatable bonds is 4. The van der Waals surface area contributed by atoms with Crippen LogP contribution < -0.4 is 10.5 Å². The van der Waals surface area contributed by atoms with E-state index in [4.69, 9.17) is 10.5 Å². The molecule has 19 heavy (non-hydrogen) atoms. The van der Waals surface area contributed by atoms with Gasteiger partial charge in [-0.05, 0) is 19.1 Å². The lowest BCUT2D eigenvalue weighted by atomic mass is 10.1. The first kappa shape index (κ1) is 14.0. The summed E-state index contributed by atoms with van der Waals surface area (Å²) >= 11 is 3.44. The molecule has 0 bridgehead atoms. The minimum atomic E-state index is -0.387. The van der Waals surface area contributed by atoms with Gasteiger partial charge in [-0.1, -0.05) is 46.3 Å². The van der Waals surface area contributed by atoms with Gasteiger partial charge in [0.15, 0.2) is 11.6 Å². The number of benzene rings is 2. The zero-order valence-electron chi connectivity index (χ0n) is 10.6. The maximum absolute atomic E-state index is 13.8. The molecule has 0 unspecified atom stereocenters. The Hall–Kier alpha value is -1.39. The molecule has 100 valence electrons. The van der Waals surface area contributed by atoms with E-state index in [1.54, 1.807) is 19.1 Å². The second-order valence-corrected chi connectivity index (χ2v) is 5.18. The fraction of sp³-hybridized carbons (Fsp3) is 0.200. The average Bonchev–Trinajstić information content (AvgIpc) is 2.38. The Morgan fingerprint density at radius 2 is 1.95 bits per heavy atom. The Morgan fingerprint density at radius 1 is 1.21 bits per heavy atom. The second-order valence-electron chi connectivity index (χ2n) is 4.33. The van der Waals surface area contributed by atoms with Crippen molar-refractivity contribution in [3.8, 4) is 5.75 Å². The molecule has 2 aromatic carbocycles. The molecule has 0 saturated carbocycles. The standard InChI is InChI=1S/C15H15BrFNO/c1-10(18)12-6-4-8-14(17)15(12)19-9-11-5-2-3-7-13(11)16/h2-8,10H,9,18H2,1H3/t10-/m1/s1. The molecule has 2 nitrogen and oxygen atoms in total. The fourth-order valence-electron chi connectivity index (χ4n) is 1.80. The van der Waals surface area contributed by atoms with Crippen LogP contribution in [0.1, 0.15) is 24.1 Å². The summed E-state index contributed by atoms with van der Waals surface area (Å²) in [6, 6.07) is 12.2. The van der Waals surface area contributed by atoms with Crippen LogP contribution in [0.25, 0.3) is 0 Å². The molecule has 0 aliphatic carbocycles. The quantitative estimate of drug-likeness (QED) is 0.915. The van der Waals surface area contributed by atoms with Gasteiger partial charge < -0.3 is 10.5 Å². The van der Waals surface area contributed by atoms with Crippen molar-refractivity contribution in [1.29, 1.82) is 0 Å². The van der Waals surface area contributed by atoms with Gasteiger partial charge in [-0.2, -0.15) is 0 Å². The van der Waals surface area contributed by atoms with Crippen LogP contribution in [-0.4, -0.2) is 0 Å². The van der Waals surface area contributed by atoms with Gasteiger partial charge in [0.1, 0.15) is 6.61 Å². The smallest absolute Gasteiger partial charge is 0.165 e. The van der Waals surface area contributed by atoms with Crippen LogP contribution in [0.4, 0.5) is 4.39 Å². The minimum Gasteiger partial charge on any atom is -0.485 e. The average molecular weight is 324 g/mol. The number of hydrogen-bond acceptors (Lipinski definition) is 2. The highest BCUT2D eigenvalue weighted by Crippen LogP contribution is 2.28. The number of para-hydroxylation sites is 1. The van der Waals surface area contributed by atoms with Crippen molar-refractivity contribution in [2.75, 3.05) is 0 Å². The summed E-state index contributed by atoms with van der Waals surface area (Å²) in [5.41, 5.74) is 7.46. The van der Waals surface area contributed by atoms with Crippen molar-refractivity contribution in [3.63, 3.8) is 0 Å². The van der Waals surface area contributed by atoms with E-state index < -0.39 is 0 Å². The molecule has 0 aliphatic rings. The van der Waals surface area contributed by atoms with E-state index in [0.29, 0.717) is 12.2 Å². The Kier molecular flexibility index (Phi) is 4.56. The molecule has 0 fully saturated rings. The largest absolute Gasteiger partial charge is 0.485 e. The number of hydrogen-bond donors (Lipinski definition) is 1. The predicted octanol–water partition coefficient (Wildman–Crippen LogP) is 4.19. The van der Waals surface area contributed by atoms with Gasteiger partial charge in [0, 0.05) is 21.6 Å². The number of halogens is 2. The van der Waals surface area contributed by atoms with Crippen molar-refractivity contribution < 1.29 is 9.13 Å². The summed E-state index contributed by atoms with van der Waals surface area (Å²) in [6.07, 6.45) is 0. The predicted molar refractivity (Wildman–Crippen MR) is 77.5 cm³/mol. The SMILES string of the molecule is C[C@@H](N)c1cccc(F)c1OCc1ccccc1Br. The van der Waals surface area contributed by atoms with Gasteiger partial charge >= 0.3 is 0 Å². The van der Waals surface area contributed by atoms with Crippen molar-refractivity contribution in [1.82, 2.24) is 0 Å². The van der Waals surface area contributed by atoms with Crippen LogP contribution in [0, 0.1) is 5.82 Å². The molecular weight excluding hydrogens is 309 g/mol. The minimum absolute atomic E-state index is 0.230. The van der Waals surface area contributed by atoms with Crippen molar-refractivity contribution in [3.05, 3.63) is 63.9 Å². The van der Waals surface area contributed by atoms with E-state index >= 15 is 0 Å². The lowest BCUT2D eigenvalue weighted by Crippen LogP contribution is -2.09. The summed E-state index contributed by atoms with van der Waals surface area (Å²) in [5, 5.41) is 0. The summed E-state index contributed by atoms with van der Waals surface area (Å²) in [6.45, 7) is 2.10. The molecule has 0 heterocycles. The molecule has 4 heteroatoms. The van der Waals surface area contributed by atoms with Gasteiger partial charge in [-0.25, -0.2) is 4.39 Å². The van der Waals surface area contributed by atoms with Gasteiger partial charge in [-0.15, -0.1) is 0 Å². The highest BCUT2D eigenvalue weighted by Gasteiger charge is 2.13. The van der Waals surface area contributed by atoms with E-state index in [1.165, 1.54) is 6.07 Å². The van der Waals surface area contributed by atoms with E-state index in [1.807, 2.05) is 24.3 Å². The molecule has 2 aromatic rings. The lowest BCUT2D eigenvalue weighted by molar-refractivity contribution is 0.285. The van der Waals surface area contributed by atoms with Crippen molar-refractivity contribution in [2.45, 2.75) is 19.6 Å². The van der Waals surface area contributed by atoms with Crippen LogP contribution in [0.15, 0.2) is 46.9 Å². The third-order valence-corrected chi connectivity index (χ3v) is 3.59. The normalized spacial score (nSPS) is 12.2. The monoisotopic (exact) mass is 323 g/mol. The maximum Gasteiger partial charge on any atom is 0.165 e. The lowest BCUT2D eigenvalue weighted by Gasteiger charge is -2.15. The van der Waals surface area contributed by atoms with E-state index in [2.05, 4.69) is 15.9 Å². The molecule has 0 saturated heterocycles. The number of nitrogens with two attached hydrogens (primary N) is 1. The fourth-order valence-corrected chi connectivity index (χ4v) is 2.20. The molecule has 2 N–H and O–H groups in total. The third-order valence-electron chi connectivity index (χ3n) is 2.82. The first-order chi connectivity index (χ1) is 9.09. The Morgan fingerprint density at radius 3 is 2.63 bits per heavy atom. The molecule has 0 spiro atoms. The summed E-state index contributed by atoms with van der Waals surface area (Å²) in [5.74, 6) is -0.157. The van der Waals surface area contributed by atoms with Gasteiger partial charge in [0.2, 0.25) is 0 Å². The highest BCUT2D eigenvalue weighted by molar-refractivity contribution is 9.10. The topological polar surface area (TPSA) is 35.2 Å². The summed E-state index contributed by atoms with van der Waals surface area (Å²) in [4.78, 5) is 0. The molecule has 0 amide bonds. The van der Waals surface area contributed by atoms with Crippen molar-refractivity contribution >= 4 is 15.9 Å². The van der Waals surface area contributed by atoms with Gasteiger partial charge in [0.25, 0.3) is 0 Å². The van der Waals surface area contributed by atoms with Crippen LogP contribution in [0.2, 0.25) is 0 Å². The van der Waals surface area contributed by atoms with Gasteiger partial charge in [0.05, 0.1) is 0 Å². The first-order valence-corrected chi connectivity index (χ1v) is 6.79. The van der Waals surface area contributed by atoms with E-state index in [-0.39, 0.29) is 17.6 Å². The van der Waals surface area contributed by atoms with Crippen LogP contribution in [0.5, 0.6) is 5.75 Å². The molecule has 0 aliphatic heterocycles. The zero-order chi connectivity index (χ0) is 13.8. The molecule has 0 radical (unpaired) electrons. The number of ether oxygens (including phenoxy) is 1. The molecular formula is C15H15BrFNO. The second kappa shape index (κ2) is 6.17. The van der Waals surface area contributed by atoms with Crippen LogP contribution >= 0.6 is 15.9 Å². The van der Waals surface area contributed by atoms with Crippen molar-refractivity contribution in [2.24, 2.45) is 5.73 Å². The van der Waals surface area contributed by atoms with Gasteiger partial charge in [-0.3, -0.25) is 0 Å². The third kappa shape index (κ3) is 3.33. The zero-order valence-corrected chi connectivity index (χ0v) is 12.2. The summed E-state index contributed by atoms with van der Waals surface area (Å²) in [7, 11) is 0. The Bertz CT molecular complexity index is 572. The van der Waals surface area contributed by atoms with Crippen LogP contribution in [0.3, 0.4) is 0 Å². The Labute approximate surface area is 120 Å². The highest BCUT2D eigenvalue weighted by atomic mass is 79.9. The van der Waals surface area contributed by atoms with Crippen LogP contribution in [-0.2, 0) is 6.61 Å². The Balaban J connectivity index is 2.22. The molecule has 2 rings (SSSR count). The first-order valence-electron chi connectivity index (χ1n) is 6.00. The molecule has 1 atom stereocenters. The van der Waals surface area contributed by atoms with E-state index in [0.717, 1.165) is 10.0 Å². The molecule has 0 aromatic heterocycles. The van der Waals surface area contributed by atoms with E-state index in [9.17, 15) is 4.39 Å².